The van der Waals surface area contributed by atoms with Gasteiger partial charge in [-0.2, -0.15) is 5.26 Å². The van der Waals surface area contributed by atoms with Crippen molar-refractivity contribution >= 4 is 0 Å². The molecule has 19 heavy (non-hydrogen) atoms. The molecule has 0 unspecified atom stereocenters. The van der Waals surface area contributed by atoms with Crippen molar-refractivity contribution in [2.24, 2.45) is 0 Å². The molecule has 0 saturated carbocycles. The molecule has 1 aromatic carbocycles. The minimum atomic E-state index is -0.386. The number of aryl methyl sites for hydroxylation is 1. The zero-order valence-corrected chi connectivity index (χ0v) is 12.1. The van der Waals surface area contributed by atoms with Gasteiger partial charge >= 0.3 is 0 Å². The Labute approximate surface area is 115 Å². The van der Waals surface area contributed by atoms with Gasteiger partial charge in [-0.3, -0.25) is 0 Å². The van der Waals surface area contributed by atoms with E-state index in [0.29, 0.717) is 0 Å². The van der Waals surface area contributed by atoms with Crippen LogP contribution in [0, 0.1) is 18.3 Å². The van der Waals surface area contributed by atoms with E-state index < -0.39 is 0 Å². The van der Waals surface area contributed by atoms with Gasteiger partial charge in [0, 0.05) is 5.56 Å². The summed E-state index contributed by atoms with van der Waals surface area (Å²) in [5, 5.41) is 9.74. The monoisotopic (exact) mass is 258 g/mol. The molecule has 0 N–H and O–H groups in total. The van der Waals surface area contributed by atoms with Gasteiger partial charge in [-0.25, -0.2) is 0 Å². The number of rotatable bonds is 3. The highest BCUT2D eigenvalue weighted by molar-refractivity contribution is 5.46. The maximum absolute atomic E-state index is 9.74. The van der Waals surface area contributed by atoms with Gasteiger partial charge in [-0.1, -0.05) is 24.6 Å². The molecule has 1 heterocycles. The van der Waals surface area contributed by atoms with E-state index in [0.717, 1.165) is 43.8 Å². The van der Waals surface area contributed by atoms with E-state index in [2.05, 4.69) is 30.9 Å². The van der Waals surface area contributed by atoms with Crippen LogP contribution in [-0.4, -0.2) is 31.6 Å². The van der Waals surface area contributed by atoms with E-state index >= 15 is 0 Å². The Hall–Kier alpha value is -1.53. The van der Waals surface area contributed by atoms with Gasteiger partial charge in [0.1, 0.15) is 5.75 Å². The lowest BCUT2D eigenvalue weighted by Crippen LogP contribution is -2.41. The summed E-state index contributed by atoms with van der Waals surface area (Å²) in [5.74, 6) is 0.845. The molecule has 0 amide bonds. The maximum Gasteiger partial charge on any atom is 0.123 e. The summed E-state index contributed by atoms with van der Waals surface area (Å²) in [6.07, 6.45) is 1.77. The normalized spacial score (nSPS) is 18.8. The van der Waals surface area contributed by atoms with Crippen LogP contribution in [0.2, 0.25) is 0 Å². The Morgan fingerprint density at radius 2 is 2.05 bits per heavy atom. The third-order valence-corrected chi connectivity index (χ3v) is 4.24. The SMILES string of the molecule is CCN1CCC(C#N)(c2cc(C)ccc2OC)CC1. The molecular formula is C16H22N2O. The Balaban J connectivity index is 2.37. The Morgan fingerprint density at radius 1 is 1.37 bits per heavy atom. The van der Waals surface area contributed by atoms with Crippen LogP contribution in [0.3, 0.4) is 0 Å². The highest BCUT2D eigenvalue weighted by atomic mass is 16.5. The topological polar surface area (TPSA) is 36.3 Å². The van der Waals surface area contributed by atoms with Gasteiger partial charge in [0.2, 0.25) is 0 Å². The number of nitriles is 1. The Morgan fingerprint density at radius 3 is 2.58 bits per heavy atom. The summed E-state index contributed by atoms with van der Waals surface area (Å²) in [6.45, 7) is 7.27. The number of piperidine rings is 1. The molecule has 1 aromatic rings. The fraction of sp³-hybridized carbons (Fsp3) is 0.562. The molecule has 1 fully saturated rings. The van der Waals surface area contributed by atoms with Crippen LogP contribution in [0.25, 0.3) is 0 Å². The predicted molar refractivity (Wildman–Crippen MR) is 76.4 cm³/mol. The highest BCUT2D eigenvalue weighted by Gasteiger charge is 2.38. The molecule has 0 atom stereocenters. The molecule has 0 spiro atoms. The second-order valence-electron chi connectivity index (χ2n) is 5.33. The van der Waals surface area contributed by atoms with E-state index in [1.54, 1.807) is 7.11 Å². The molecule has 1 aliphatic heterocycles. The molecule has 2 rings (SSSR count). The molecular weight excluding hydrogens is 236 g/mol. The van der Waals surface area contributed by atoms with Gasteiger partial charge in [0.05, 0.1) is 18.6 Å². The minimum Gasteiger partial charge on any atom is -0.496 e. The van der Waals surface area contributed by atoms with Crippen molar-refractivity contribution in [3.63, 3.8) is 0 Å². The van der Waals surface area contributed by atoms with Gasteiger partial charge in [-0.15, -0.1) is 0 Å². The largest absolute Gasteiger partial charge is 0.496 e. The maximum atomic E-state index is 9.74. The van der Waals surface area contributed by atoms with Crippen LogP contribution in [0.15, 0.2) is 18.2 Å². The van der Waals surface area contributed by atoms with Crippen LogP contribution in [0.1, 0.15) is 30.9 Å². The van der Waals surface area contributed by atoms with Crippen LogP contribution in [0.5, 0.6) is 5.75 Å². The van der Waals surface area contributed by atoms with Gasteiger partial charge in [-0.05, 0) is 45.5 Å². The van der Waals surface area contributed by atoms with Crippen molar-refractivity contribution in [1.82, 2.24) is 4.90 Å². The standard InChI is InChI=1S/C16H22N2O/c1-4-18-9-7-16(12-17,8-10-18)14-11-13(2)5-6-15(14)19-3/h5-6,11H,4,7-10H2,1-3H3. The Bertz CT molecular complexity index is 482. The summed E-state index contributed by atoms with van der Waals surface area (Å²) < 4.78 is 5.47. The Kier molecular flexibility index (Phi) is 4.11. The third-order valence-electron chi connectivity index (χ3n) is 4.24. The molecule has 1 aliphatic rings. The second kappa shape index (κ2) is 5.63. The van der Waals surface area contributed by atoms with E-state index in [1.807, 2.05) is 12.1 Å². The zero-order valence-electron chi connectivity index (χ0n) is 12.1. The second-order valence-corrected chi connectivity index (χ2v) is 5.33. The predicted octanol–water partition coefficient (Wildman–Crippen LogP) is 2.88. The molecule has 0 aliphatic carbocycles. The molecule has 102 valence electrons. The van der Waals surface area contributed by atoms with Crippen molar-refractivity contribution in [1.29, 1.82) is 5.26 Å². The van der Waals surface area contributed by atoms with E-state index in [4.69, 9.17) is 4.74 Å². The van der Waals surface area contributed by atoms with Crippen molar-refractivity contribution in [2.75, 3.05) is 26.7 Å². The van der Waals surface area contributed by atoms with Crippen LogP contribution < -0.4 is 4.74 Å². The fourth-order valence-corrected chi connectivity index (χ4v) is 2.89. The first-order valence-electron chi connectivity index (χ1n) is 6.94. The summed E-state index contributed by atoms with van der Waals surface area (Å²) in [6, 6.07) is 8.71. The molecule has 3 heteroatoms. The van der Waals surface area contributed by atoms with Crippen molar-refractivity contribution in [2.45, 2.75) is 32.1 Å². The first-order valence-corrected chi connectivity index (χ1v) is 6.94. The highest BCUT2D eigenvalue weighted by Crippen LogP contribution is 2.40. The molecule has 1 saturated heterocycles. The van der Waals surface area contributed by atoms with Crippen LogP contribution in [0.4, 0.5) is 0 Å². The molecule has 0 radical (unpaired) electrons. The lowest BCUT2D eigenvalue weighted by Gasteiger charge is -2.37. The van der Waals surface area contributed by atoms with E-state index in [-0.39, 0.29) is 5.41 Å². The van der Waals surface area contributed by atoms with Crippen molar-refractivity contribution in [3.8, 4) is 11.8 Å². The lowest BCUT2D eigenvalue weighted by molar-refractivity contribution is 0.192. The number of benzene rings is 1. The quantitative estimate of drug-likeness (QED) is 0.836. The van der Waals surface area contributed by atoms with Gasteiger partial charge in [0.15, 0.2) is 0 Å². The smallest absolute Gasteiger partial charge is 0.123 e. The lowest BCUT2D eigenvalue weighted by atomic mass is 9.73. The first kappa shape index (κ1) is 13.9. The van der Waals surface area contributed by atoms with Crippen molar-refractivity contribution in [3.05, 3.63) is 29.3 Å². The van der Waals surface area contributed by atoms with Gasteiger partial charge in [0.25, 0.3) is 0 Å². The van der Waals surface area contributed by atoms with Crippen LogP contribution >= 0.6 is 0 Å². The number of hydrogen-bond donors (Lipinski definition) is 0. The zero-order chi connectivity index (χ0) is 13.9. The number of nitrogens with zero attached hydrogens (tertiary/aromatic N) is 2. The minimum absolute atomic E-state index is 0.386. The van der Waals surface area contributed by atoms with Gasteiger partial charge < -0.3 is 9.64 Å². The number of ether oxygens (including phenoxy) is 1. The third kappa shape index (κ3) is 2.59. The molecule has 0 bridgehead atoms. The molecule has 3 nitrogen and oxygen atoms in total. The number of likely N-dealkylation sites (tertiary alicyclic amines) is 1. The van der Waals surface area contributed by atoms with Crippen molar-refractivity contribution < 1.29 is 4.74 Å². The summed E-state index contributed by atoms with van der Waals surface area (Å²) in [5.41, 5.74) is 1.86. The average molecular weight is 258 g/mol. The summed E-state index contributed by atoms with van der Waals surface area (Å²) in [7, 11) is 1.68. The number of hydrogen-bond acceptors (Lipinski definition) is 3. The fourth-order valence-electron chi connectivity index (χ4n) is 2.89. The van der Waals surface area contributed by atoms with E-state index in [9.17, 15) is 5.26 Å². The summed E-state index contributed by atoms with van der Waals surface area (Å²) >= 11 is 0. The van der Waals surface area contributed by atoms with E-state index in [1.165, 1.54) is 5.56 Å². The first-order chi connectivity index (χ1) is 9.15. The average Bonchev–Trinajstić information content (AvgIpc) is 2.47. The summed E-state index contributed by atoms with van der Waals surface area (Å²) in [4.78, 5) is 2.40. The van der Waals surface area contributed by atoms with Crippen LogP contribution in [-0.2, 0) is 5.41 Å². The molecule has 0 aromatic heterocycles. The number of methoxy groups -OCH3 is 1.